The van der Waals surface area contributed by atoms with Gasteiger partial charge in [0.1, 0.15) is 18.5 Å². The molecule has 44 heavy (non-hydrogen) atoms. The third-order valence-corrected chi connectivity index (χ3v) is 9.77. The van der Waals surface area contributed by atoms with E-state index < -0.39 is 32.0 Å². The lowest BCUT2D eigenvalue weighted by Gasteiger charge is -2.36. The molecule has 2 heterocycles. The molecule has 1 saturated carbocycles. The Morgan fingerprint density at radius 2 is 1.59 bits per heavy atom. The second-order valence-corrected chi connectivity index (χ2v) is 13.3. The van der Waals surface area contributed by atoms with Crippen molar-refractivity contribution in [1.29, 1.82) is 0 Å². The molecule has 1 atom stereocenters. The van der Waals surface area contributed by atoms with Gasteiger partial charge in [0, 0.05) is 50.9 Å². The fourth-order valence-electron chi connectivity index (χ4n) is 5.82. The lowest BCUT2D eigenvalue weighted by atomic mass is 9.93. The summed E-state index contributed by atoms with van der Waals surface area (Å²) in [7, 11) is -5.39. The molecule has 0 spiro atoms. The summed E-state index contributed by atoms with van der Waals surface area (Å²) >= 11 is 0. The molecule has 8 nitrogen and oxygen atoms in total. The molecular weight excluding hydrogens is 616 g/mol. The maximum atomic E-state index is 13.0. The summed E-state index contributed by atoms with van der Waals surface area (Å²) in [5.74, 6) is 0.373. The van der Waals surface area contributed by atoms with Crippen LogP contribution in [0.4, 0.5) is 32.0 Å². The number of ether oxygens (including phenoxy) is 2. The molecule has 1 amide bonds. The Bertz CT molecular complexity index is 1420. The molecule has 242 valence electrons. The van der Waals surface area contributed by atoms with Crippen LogP contribution in [0.15, 0.2) is 47.4 Å². The number of halogens is 6. The highest BCUT2D eigenvalue weighted by molar-refractivity contribution is 7.92. The Hall–Kier alpha value is -3.04. The third kappa shape index (κ3) is 7.60. The number of piperazine rings is 1. The zero-order valence-corrected chi connectivity index (χ0v) is 24.5. The molecule has 5 rings (SSSR count). The largest absolute Gasteiger partial charge is 0.501 e. The van der Waals surface area contributed by atoms with Crippen LogP contribution in [0.1, 0.15) is 36.8 Å². The molecule has 1 saturated heterocycles. The van der Waals surface area contributed by atoms with E-state index in [4.69, 9.17) is 9.47 Å². The van der Waals surface area contributed by atoms with Gasteiger partial charge in [0.05, 0.1) is 16.6 Å². The summed E-state index contributed by atoms with van der Waals surface area (Å²) in [5.41, 5.74) is -4.97. The van der Waals surface area contributed by atoms with E-state index in [1.54, 1.807) is 4.90 Å². The molecule has 1 N–H and O–H groups in total. The molecule has 15 heteroatoms. The molecule has 2 aromatic carbocycles. The summed E-state index contributed by atoms with van der Waals surface area (Å²) in [5, 5.41) is 3.21. The first-order chi connectivity index (χ1) is 20.7. The van der Waals surface area contributed by atoms with E-state index >= 15 is 0 Å². The van der Waals surface area contributed by atoms with Crippen LogP contribution in [-0.4, -0.2) is 87.2 Å². The van der Waals surface area contributed by atoms with Crippen molar-refractivity contribution in [1.82, 2.24) is 9.80 Å². The van der Waals surface area contributed by atoms with Crippen molar-refractivity contribution >= 4 is 21.4 Å². The van der Waals surface area contributed by atoms with Crippen LogP contribution in [-0.2, 0) is 32.0 Å². The number of nitrogens with one attached hydrogen (secondary N) is 1. The third-order valence-electron chi connectivity index (χ3n) is 8.27. The van der Waals surface area contributed by atoms with Crippen molar-refractivity contribution in [2.45, 2.75) is 66.9 Å². The topological polar surface area (TPSA) is 88.2 Å². The number of nitrogens with zero attached hydrogens (tertiary/aromatic N) is 2. The molecule has 2 aliphatic heterocycles. The summed E-state index contributed by atoms with van der Waals surface area (Å²) < 4.78 is 112. The van der Waals surface area contributed by atoms with E-state index in [-0.39, 0.29) is 30.8 Å². The number of hydrogen-bond acceptors (Lipinski definition) is 7. The van der Waals surface area contributed by atoms with Crippen molar-refractivity contribution in [3.8, 4) is 5.75 Å². The second kappa shape index (κ2) is 12.8. The maximum absolute atomic E-state index is 13.0. The Labute approximate surface area is 251 Å². The lowest BCUT2D eigenvalue weighted by molar-refractivity contribution is -0.140. The van der Waals surface area contributed by atoms with Crippen molar-refractivity contribution in [2.75, 3.05) is 44.6 Å². The SMILES string of the molecule is O=C(CO[C@H]1CC[C@H](Nc2ccc(S(=O)(=O)C(F)(F)F)cc2)CC1)N1CCN(CC2Cc3cc(C(F)(F)F)ccc3O2)CC1. The quantitative estimate of drug-likeness (QED) is 0.408. The van der Waals surface area contributed by atoms with Crippen LogP contribution in [0.2, 0.25) is 0 Å². The number of benzene rings is 2. The standard InChI is InChI=1S/C29H33F6N3O5S/c30-28(31,32)20-1-10-26-19(15-20)16-24(43-26)17-37-11-13-38(14-12-37)27(39)18-42-23-6-2-21(3-7-23)36-22-4-8-25(9-5-22)44(40,41)29(33,34)35/h1,4-5,8-10,15,21,23-24,36H,2-3,6-7,11-14,16-18H2/t21-,23-,24?. The predicted molar refractivity (Wildman–Crippen MR) is 148 cm³/mol. The molecule has 2 fully saturated rings. The van der Waals surface area contributed by atoms with E-state index in [2.05, 4.69) is 10.2 Å². The van der Waals surface area contributed by atoms with Crippen LogP contribution in [0, 0.1) is 0 Å². The molecular formula is C29H33F6N3O5S. The average molecular weight is 650 g/mol. The first-order valence-corrected chi connectivity index (χ1v) is 15.8. The normalized spacial score (nSPS) is 23.2. The highest BCUT2D eigenvalue weighted by Crippen LogP contribution is 2.36. The summed E-state index contributed by atoms with van der Waals surface area (Å²) in [6.07, 6.45) is -1.53. The first-order valence-electron chi connectivity index (χ1n) is 14.4. The molecule has 0 bridgehead atoms. The van der Waals surface area contributed by atoms with Gasteiger partial charge >= 0.3 is 11.7 Å². The Kier molecular flexibility index (Phi) is 9.38. The monoisotopic (exact) mass is 649 g/mol. The molecule has 0 radical (unpaired) electrons. The van der Waals surface area contributed by atoms with E-state index in [9.17, 15) is 39.6 Å². The zero-order chi connectivity index (χ0) is 31.7. The van der Waals surface area contributed by atoms with Gasteiger partial charge in [0.15, 0.2) is 0 Å². The van der Waals surface area contributed by atoms with Gasteiger partial charge < -0.3 is 19.7 Å². The molecule has 3 aliphatic rings. The Morgan fingerprint density at radius 1 is 0.932 bits per heavy atom. The van der Waals surface area contributed by atoms with E-state index in [0.717, 1.165) is 24.3 Å². The van der Waals surface area contributed by atoms with Crippen LogP contribution < -0.4 is 10.1 Å². The van der Waals surface area contributed by atoms with Gasteiger partial charge in [-0.2, -0.15) is 26.3 Å². The van der Waals surface area contributed by atoms with Crippen molar-refractivity contribution < 1.29 is 49.0 Å². The number of carbonyl (C=O) groups is 1. The number of anilines is 1. The van der Waals surface area contributed by atoms with Crippen molar-refractivity contribution in [2.24, 2.45) is 0 Å². The van der Waals surface area contributed by atoms with Gasteiger partial charge in [0.25, 0.3) is 9.84 Å². The number of amides is 1. The number of carbonyl (C=O) groups excluding carboxylic acids is 1. The molecule has 2 aromatic rings. The van der Waals surface area contributed by atoms with Crippen LogP contribution >= 0.6 is 0 Å². The Morgan fingerprint density at radius 3 is 2.20 bits per heavy atom. The number of alkyl halides is 6. The van der Waals surface area contributed by atoms with E-state index in [1.165, 1.54) is 18.2 Å². The fraction of sp³-hybridized carbons (Fsp3) is 0.552. The minimum Gasteiger partial charge on any atom is -0.488 e. The fourth-order valence-corrected chi connectivity index (χ4v) is 6.58. The second-order valence-electron chi connectivity index (χ2n) is 11.3. The summed E-state index contributed by atoms with van der Waals surface area (Å²) in [6.45, 7) is 2.79. The molecule has 0 aromatic heterocycles. The van der Waals surface area contributed by atoms with Gasteiger partial charge in [-0.15, -0.1) is 0 Å². The maximum Gasteiger partial charge on any atom is 0.501 e. The highest BCUT2D eigenvalue weighted by atomic mass is 32.2. The van der Waals surface area contributed by atoms with Crippen molar-refractivity contribution in [3.05, 3.63) is 53.6 Å². The van der Waals surface area contributed by atoms with E-state index in [0.29, 0.717) is 81.8 Å². The van der Waals surface area contributed by atoms with Crippen LogP contribution in [0.25, 0.3) is 0 Å². The van der Waals surface area contributed by atoms with Crippen LogP contribution in [0.3, 0.4) is 0 Å². The highest BCUT2D eigenvalue weighted by Gasteiger charge is 2.46. The average Bonchev–Trinajstić information content (AvgIpc) is 3.38. The summed E-state index contributed by atoms with van der Waals surface area (Å²) in [6, 6.07) is 8.07. The Balaban J connectivity index is 0.985. The minimum atomic E-state index is -5.39. The van der Waals surface area contributed by atoms with Crippen molar-refractivity contribution in [3.63, 3.8) is 0 Å². The lowest BCUT2D eigenvalue weighted by Crippen LogP contribution is -2.51. The number of fused-ring (bicyclic) bond motifs is 1. The summed E-state index contributed by atoms with van der Waals surface area (Å²) in [4.78, 5) is 15.8. The van der Waals surface area contributed by atoms with Gasteiger partial charge in [0.2, 0.25) is 5.91 Å². The van der Waals surface area contributed by atoms with Gasteiger partial charge in [-0.25, -0.2) is 8.42 Å². The smallest absolute Gasteiger partial charge is 0.488 e. The first kappa shape index (κ1) is 32.4. The molecule has 1 unspecified atom stereocenters. The van der Waals surface area contributed by atoms with Crippen LogP contribution in [0.5, 0.6) is 5.75 Å². The van der Waals surface area contributed by atoms with Gasteiger partial charge in [-0.3, -0.25) is 9.69 Å². The number of hydrogen-bond donors (Lipinski definition) is 1. The van der Waals surface area contributed by atoms with E-state index in [1.807, 2.05) is 0 Å². The van der Waals surface area contributed by atoms with Gasteiger partial charge in [-0.05, 0) is 73.7 Å². The number of rotatable bonds is 8. The van der Waals surface area contributed by atoms with Gasteiger partial charge in [-0.1, -0.05) is 0 Å². The molecule has 1 aliphatic carbocycles. The minimum absolute atomic E-state index is 0.0343. The predicted octanol–water partition coefficient (Wildman–Crippen LogP) is 4.89. The zero-order valence-electron chi connectivity index (χ0n) is 23.7. The number of sulfone groups is 1.